The van der Waals surface area contributed by atoms with Crippen molar-refractivity contribution in [3.8, 4) is 11.3 Å². The minimum Gasteiger partial charge on any atom is -0.319 e. The fourth-order valence-electron chi connectivity index (χ4n) is 3.04. The zero-order valence-corrected chi connectivity index (χ0v) is 13.7. The summed E-state index contributed by atoms with van der Waals surface area (Å²) in [6.45, 7) is 4.50. The molecule has 0 saturated heterocycles. The van der Waals surface area contributed by atoms with E-state index in [1.165, 1.54) is 24.0 Å². The van der Waals surface area contributed by atoms with Gasteiger partial charge in [0.05, 0.1) is 11.2 Å². The number of hydrogen-bond acceptors (Lipinski definition) is 3. The summed E-state index contributed by atoms with van der Waals surface area (Å²) in [4.78, 5) is 4.85. The number of thiazole rings is 1. The van der Waals surface area contributed by atoms with E-state index in [0.29, 0.717) is 0 Å². The molecule has 2 aromatic rings. The summed E-state index contributed by atoms with van der Waals surface area (Å²) in [7, 11) is 0. The van der Waals surface area contributed by atoms with Gasteiger partial charge >= 0.3 is 0 Å². The summed E-state index contributed by atoms with van der Waals surface area (Å²) >= 11 is 1.72. The Kier molecular flexibility index (Phi) is 4.14. The number of benzene rings is 1. The zero-order valence-electron chi connectivity index (χ0n) is 12.9. The maximum absolute atomic E-state index is 6.63. The summed E-state index contributed by atoms with van der Waals surface area (Å²) in [5.41, 5.74) is 10.1. The Morgan fingerprint density at radius 2 is 1.90 bits per heavy atom. The maximum atomic E-state index is 6.63. The van der Waals surface area contributed by atoms with Crippen LogP contribution in [0.15, 0.2) is 29.6 Å². The Morgan fingerprint density at radius 3 is 2.52 bits per heavy atom. The van der Waals surface area contributed by atoms with Gasteiger partial charge < -0.3 is 5.73 Å². The Bertz CT molecular complexity index is 592. The van der Waals surface area contributed by atoms with E-state index in [1.54, 1.807) is 11.3 Å². The lowest BCUT2D eigenvalue weighted by molar-refractivity contribution is 0.247. The fraction of sp³-hybridized carbons (Fsp3) is 0.500. The molecule has 0 bridgehead atoms. The number of nitrogens with zero attached hydrogens (tertiary/aromatic N) is 1. The second-order valence-corrected chi connectivity index (χ2v) is 7.29. The van der Waals surface area contributed by atoms with Crippen LogP contribution in [0.2, 0.25) is 0 Å². The molecular weight excluding hydrogens is 276 g/mol. The molecule has 0 radical (unpaired) electrons. The Hall–Kier alpha value is -1.19. The first-order chi connectivity index (χ1) is 10.1. The number of aromatic nitrogens is 1. The normalized spacial score (nSPS) is 26.0. The van der Waals surface area contributed by atoms with Crippen molar-refractivity contribution in [1.82, 2.24) is 4.98 Å². The summed E-state index contributed by atoms with van der Waals surface area (Å²) in [5, 5.41) is 3.27. The molecule has 0 atom stereocenters. The molecule has 0 unspecified atom stereocenters. The van der Waals surface area contributed by atoms with E-state index in [4.69, 9.17) is 10.7 Å². The molecule has 1 aromatic heterocycles. The molecule has 1 aliphatic carbocycles. The van der Waals surface area contributed by atoms with Crippen molar-refractivity contribution in [2.75, 3.05) is 0 Å². The molecule has 1 fully saturated rings. The van der Waals surface area contributed by atoms with Crippen LogP contribution in [0.1, 0.15) is 50.1 Å². The molecule has 3 heteroatoms. The van der Waals surface area contributed by atoms with E-state index in [0.717, 1.165) is 35.9 Å². The highest BCUT2D eigenvalue weighted by Gasteiger charge is 2.34. The third-order valence-electron chi connectivity index (χ3n) is 4.75. The molecule has 1 heterocycles. The largest absolute Gasteiger partial charge is 0.319 e. The van der Waals surface area contributed by atoms with Crippen molar-refractivity contribution < 1.29 is 0 Å². The Labute approximate surface area is 131 Å². The van der Waals surface area contributed by atoms with Gasteiger partial charge in [-0.15, -0.1) is 11.3 Å². The average Bonchev–Trinajstić information content (AvgIpc) is 3.01. The lowest BCUT2D eigenvalue weighted by Crippen LogP contribution is -2.40. The monoisotopic (exact) mass is 300 g/mol. The van der Waals surface area contributed by atoms with Crippen molar-refractivity contribution in [3.05, 3.63) is 40.2 Å². The van der Waals surface area contributed by atoms with Gasteiger partial charge in [0.1, 0.15) is 5.01 Å². The molecule has 112 valence electrons. The molecule has 0 spiro atoms. The summed E-state index contributed by atoms with van der Waals surface area (Å²) in [5.74, 6) is 0.808. The van der Waals surface area contributed by atoms with Crippen LogP contribution < -0.4 is 5.73 Å². The highest BCUT2D eigenvalue weighted by atomic mass is 32.1. The number of hydrogen-bond donors (Lipinski definition) is 1. The van der Waals surface area contributed by atoms with Gasteiger partial charge in [0.15, 0.2) is 0 Å². The minimum absolute atomic E-state index is 0.196. The van der Waals surface area contributed by atoms with Crippen molar-refractivity contribution in [2.24, 2.45) is 11.7 Å². The van der Waals surface area contributed by atoms with Crippen LogP contribution in [-0.2, 0) is 12.0 Å². The van der Waals surface area contributed by atoms with Crippen molar-refractivity contribution in [3.63, 3.8) is 0 Å². The summed E-state index contributed by atoms with van der Waals surface area (Å²) < 4.78 is 0. The molecule has 1 aliphatic rings. The fourth-order valence-corrected chi connectivity index (χ4v) is 4.04. The molecule has 2 nitrogen and oxygen atoms in total. The molecule has 0 aliphatic heterocycles. The predicted octanol–water partition coefficient (Wildman–Crippen LogP) is 4.74. The first-order valence-corrected chi connectivity index (χ1v) is 8.83. The Balaban J connectivity index is 1.82. The molecule has 1 saturated carbocycles. The molecule has 0 amide bonds. The lowest BCUT2D eigenvalue weighted by Gasteiger charge is -2.34. The van der Waals surface area contributed by atoms with Crippen molar-refractivity contribution in [2.45, 2.75) is 51.5 Å². The lowest BCUT2D eigenvalue weighted by atomic mass is 9.78. The van der Waals surface area contributed by atoms with E-state index < -0.39 is 0 Å². The van der Waals surface area contributed by atoms with E-state index in [2.05, 4.69) is 43.5 Å². The summed E-state index contributed by atoms with van der Waals surface area (Å²) in [6, 6.07) is 8.72. The molecule has 2 N–H and O–H groups in total. The van der Waals surface area contributed by atoms with E-state index in [9.17, 15) is 0 Å². The minimum atomic E-state index is -0.196. The number of aryl methyl sites for hydroxylation is 1. The molecule has 21 heavy (non-hydrogen) atoms. The van der Waals surface area contributed by atoms with Crippen LogP contribution in [0.25, 0.3) is 11.3 Å². The van der Waals surface area contributed by atoms with Gasteiger partial charge in [-0.2, -0.15) is 0 Å². The maximum Gasteiger partial charge on any atom is 0.113 e. The van der Waals surface area contributed by atoms with Crippen LogP contribution in [0.3, 0.4) is 0 Å². The molecular formula is C18H24N2S. The van der Waals surface area contributed by atoms with Crippen LogP contribution >= 0.6 is 11.3 Å². The zero-order chi connectivity index (χ0) is 14.9. The Morgan fingerprint density at radius 1 is 1.24 bits per heavy atom. The van der Waals surface area contributed by atoms with E-state index in [-0.39, 0.29) is 5.54 Å². The quantitative estimate of drug-likeness (QED) is 0.889. The van der Waals surface area contributed by atoms with Crippen LogP contribution in [-0.4, -0.2) is 4.98 Å². The topological polar surface area (TPSA) is 38.9 Å². The molecule has 3 rings (SSSR count). The first-order valence-electron chi connectivity index (χ1n) is 7.95. The SMILES string of the molecule is CCc1ccc(-c2csc(C3(N)CCC(C)CC3)n2)cc1. The highest BCUT2D eigenvalue weighted by molar-refractivity contribution is 7.10. The van der Waals surface area contributed by atoms with Crippen LogP contribution in [0.4, 0.5) is 0 Å². The van der Waals surface area contributed by atoms with Crippen molar-refractivity contribution in [1.29, 1.82) is 0 Å². The second kappa shape index (κ2) is 5.90. The number of rotatable bonds is 3. The molecule has 1 aromatic carbocycles. The van der Waals surface area contributed by atoms with Gasteiger partial charge in [-0.25, -0.2) is 4.98 Å². The third-order valence-corrected chi connectivity index (χ3v) is 5.82. The van der Waals surface area contributed by atoms with Crippen LogP contribution in [0.5, 0.6) is 0 Å². The van der Waals surface area contributed by atoms with Gasteiger partial charge in [0.2, 0.25) is 0 Å². The first kappa shape index (κ1) is 14.7. The van der Waals surface area contributed by atoms with E-state index >= 15 is 0 Å². The predicted molar refractivity (Wildman–Crippen MR) is 90.4 cm³/mol. The highest BCUT2D eigenvalue weighted by Crippen LogP contribution is 2.39. The van der Waals surface area contributed by atoms with Gasteiger partial charge in [0.25, 0.3) is 0 Å². The van der Waals surface area contributed by atoms with Gasteiger partial charge in [-0.1, -0.05) is 38.1 Å². The third kappa shape index (κ3) is 3.04. The van der Waals surface area contributed by atoms with Crippen LogP contribution in [0, 0.1) is 5.92 Å². The van der Waals surface area contributed by atoms with Gasteiger partial charge in [-0.3, -0.25) is 0 Å². The van der Waals surface area contributed by atoms with E-state index in [1.807, 2.05) is 0 Å². The second-order valence-electron chi connectivity index (χ2n) is 6.43. The number of nitrogens with two attached hydrogens (primary N) is 1. The smallest absolute Gasteiger partial charge is 0.113 e. The van der Waals surface area contributed by atoms with Gasteiger partial charge in [-0.05, 0) is 43.6 Å². The summed E-state index contributed by atoms with van der Waals surface area (Å²) in [6.07, 6.45) is 5.64. The van der Waals surface area contributed by atoms with Gasteiger partial charge in [0, 0.05) is 10.9 Å². The average molecular weight is 300 g/mol. The standard InChI is InChI=1S/C18H24N2S/c1-3-14-4-6-15(7-5-14)16-12-21-17(20-16)18(19)10-8-13(2)9-11-18/h4-7,12-13H,3,8-11,19H2,1-2H3. The van der Waals surface area contributed by atoms with Crippen molar-refractivity contribution >= 4 is 11.3 Å².